The molecule has 0 saturated heterocycles. The summed E-state index contributed by atoms with van der Waals surface area (Å²) in [6.45, 7) is 0.132. The zero-order chi connectivity index (χ0) is 28.2. The maximum absolute atomic E-state index is 14.5. The molecule has 1 fully saturated rings. The molecule has 0 bridgehead atoms. The summed E-state index contributed by atoms with van der Waals surface area (Å²) in [6, 6.07) is 3.27. The molecule has 0 radical (unpaired) electrons. The molecule has 0 aromatic carbocycles. The SMILES string of the molecule is O=C(NCc1ncn2ccc(Cl)c(F)c12)c1cn(Cc2cn3cc(C4CC4)cc(-n4cn[nH]c(=O)c4=O)c3n2)nn1. The zero-order valence-electron chi connectivity index (χ0n) is 21.0. The van der Waals surface area contributed by atoms with Crippen molar-refractivity contribution in [1.29, 1.82) is 0 Å². The Kier molecular flexibility index (Phi) is 5.74. The van der Waals surface area contributed by atoms with Crippen LogP contribution in [0.3, 0.4) is 0 Å². The first kappa shape index (κ1) is 24.8. The van der Waals surface area contributed by atoms with Gasteiger partial charge in [-0.15, -0.1) is 5.10 Å². The van der Waals surface area contributed by atoms with Crippen LogP contribution in [0.25, 0.3) is 16.9 Å². The summed E-state index contributed by atoms with van der Waals surface area (Å²) < 4.78 is 20.4. The van der Waals surface area contributed by atoms with Gasteiger partial charge in [-0.2, -0.15) is 5.10 Å². The van der Waals surface area contributed by atoms with Crippen LogP contribution in [0.1, 0.15) is 46.2 Å². The second-order valence-electron chi connectivity index (χ2n) is 9.67. The summed E-state index contributed by atoms with van der Waals surface area (Å²) >= 11 is 5.88. The lowest BCUT2D eigenvalue weighted by Gasteiger charge is -2.08. The van der Waals surface area contributed by atoms with Gasteiger partial charge in [-0.05, 0) is 36.5 Å². The number of fused-ring (bicyclic) bond motifs is 2. The second-order valence-corrected chi connectivity index (χ2v) is 10.1. The Bertz CT molecular complexity index is 2100. The number of H-pyrrole nitrogens is 1. The van der Waals surface area contributed by atoms with Crippen LogP contribution in [0, 0.1) is 5.82 Å². The first-order valence-electron chi connectivity index (χ1n) is 12.5. The number of halogens is 2. The Balaban J connectivity index is 1.13. The molecule has 14 nitrogen and oxygen atoms in total. The molecule has 16 heteroatoms. The van der Waals surface area contributed by atoms with E-state index in [-0.39, 0.29) is 29.3 Å². The Labute approximate surface area is 233 Å². The molecule has 7 rings (SSSR count). The number of carbonyl (C=O) groups excluding carboxylic acids is 1. The van der Waals surface area contributed by atoms with E-state index in [9.17, 15) is 18.8 Å². The number of nitrogens with zero attached hydrogens (tertiary/aromatic N) is 9. The maximum atomic E-state index is 14.5. The van der Waals surface area contributed by atoms with Crippen molar-refractivity contribution in [3.63, 3.8) is 0 Å². The van der Waals surface area contributed by atoms with Gasteiger partial charge in [-0.1, -0.05) is 16.8 Å². The summed E-state index contributed by atoms with van der Waals surface area (Å²) in [7, 11) is 0. The van der Waals surface area contributed by atoms with Crippen LogP contribution in [-0.2, 0) is 13.1 Å². The molecule has 6 aromatic heterocycles. The van der Waals surface area contributed by atoms with E-state index in [1.165, 1.54) is 38.6 Å². The molecule has 6 heterocycles. The Morgan fingerprint density at radius 2 is 2.02 bits per heavy atom. The highest BCUT2D eigenvalue weighted by Gasteiger charge is 2.26. The van der Waals surface area contributed by atoms with E-state index in [1.54, 1.807) is 16.8 Å². The highest BCUT2D eigenvalue weighted by atomic mass is 35.5. The fourth-order valence-electron chi connectivity index (χ4n) is 4.69. The van der Waals surface area contributed by atoms with Crippen molar-refractivity contribution in [2.24, 2.45) is 0 Å². The number of pyridine rings is 2. The van der Waals surface area contributed by atoms with Crippen molar-refractivity contribution in [2.45, 2.75) is 31.8 Å². The number of nitrogens with one attached hydrogen (secondary N) is 2. The molecule has 0 unspecified atom stereocenters. The fraction of sp³-hybridized carbons (Fsp3) is 0.200. The molecular weight excluding hydrogens is 557 g/mol. The fourth-order valence-corrected chi connectivity index (χ4v) is 4.83. The molecule has 0 spiro atoms. The minimum atomic E-state index is -0.835. The molecule has 0 aliphatic heterocycles. The molecule has 1 amide bonds. The summed E-state index contributed by atoms with van der Waals surface area (Å²) in [5.41, 5.74) is 1.44. The predicted octanol–water partition coefficient (Wildman–Crippen LogP) is 1.46. The number of amides is 1. The molecule has 0 atom stereocenters. The third-order valence-corrected chi connectivity index (χ3v) is 7.14. The van der Waals surface area contributed by atoms with Gasteiger partial charge in [0.05, 0.1) is 47.7 Å². The van der Waals surface area contributed by atoms with Crippen LogP contribution in [0.15, 0.2) is 59.2 Å². The van der Waals surface area contributed by atoms with Crippen LogP contribution in [-0.4, -0.2) is 54.4 Å². The highest BCUT2D eigenvalue weighted by molar-refractivity contribution is 6.31. The van der Waals surface area contributed by atoms with Crippen LogP contribution in [0.2, 0.25) is 5.02 Å². The average molecular weight is 576 g/mol. The smallest absolute Gasteiger partial charge is 0.330 e. The Hall–Kier alpha value is -5.18. The molecule has 41 heavy (non-hydrogen) atoms. The van der Waals surface area contributed by atoms with Crippen molar-refractivity contribution in [1.82, 2.24) is 53.8 Å². The van der Waals surface area contributed by atoms with Gasteiger partial charge >= 0.3 is 11.1 Å². The number of rotatable bonds is 7. The van der Waals surface area contributed by atoms with Crippen molar-refractivity contribution in [2.75, 3.05) is 0 Å². The minimum Gasteiger partial charge on any atom is -0.345 e. The van der Waals surface area contributed by atoms with Gasteiger partial charge in [-0.3, -0.25) is 19.0 Å². The second kappa shape index (κ2) is 9.48. The van der Waals surface area contributed by atoms with Gasteiger partial charge in [0.15, 0.2) is 17.2 Å². The lowest BCUT2D eigenvalue weighted by Crippen LogP contribution is -2.36. The monoisotopic (exact) mass is 575 g/mol. The van der Waals surface area contributed by atoms with E-state index < -0.39 is 22.8 Å². The number of carbonyl (C=O) groups is 1. The van der Waals surface area contributed by atoms with Gasteiger partial charge in [0.1, 0.15) is 11.8 Å². The third kappa shape index (κ3) is 4.45. The molecule has 1 aliphatic rings. The summed E-state index contributed by atoms with van der Waals surface area (Å²) in [6.07, 6.45) is 11.6. The molecular formula is C25H19ClFN11O3. The zero-order valence-corrected chi connectivity index (χ0v) is 21.8. The van der Waals surface area contributed by atoms with E-state index >= 15 is 0 Å². The maximum Gasteiger partial charge on any atom is 0.330 e. The quantitative estimate of drug-likeness (QED) is 0.270. The van der Waals surface area contributed by atoms with Crippen LogP contribution in [0.4, 0.5) is 4.39 Å². The predicted molar refractivity (Wildman–Crippen MR) is 142 cm³/mol. The molecule has 1 saturated carbocycles. The topological polar surface area (TPSA) is 162 Å². The van der Waals surface area contributed by atoms with Crippen LogP contribution >= 0.6 is 11.6 Å². The lowest BCUT2D eigenvalue weighted by molar-refractivity contribution is 0.0945. The van der Waals surface area contributed by atoms with Crippen molar-refractivity contribution < 1.29 is 9.18 Å². The Morgan fingerprint density at radius 3 is 2.85 bits per heavy atom. The molecule has 6 aromatic rings. The van der Waals surface area contributed by atoms with Gasteiger partial charge in [0.2, 0.25) is 0 Å². The van der Waals surface area contributed by atoms with Gasteiger partial charge in [0, 0.05) is 18.6 Å². The lowest BCUT2D eigenvalue weighted by atomic mass is 10.2. The highest BCUT2D eigenvalue weighted by Crippen LogP contribution is 2.41. The number of hydrogen-bond donors (Lipinski definition) is 2. The van der Waals surface area contributed by atoms with Gasteiger partial charge in [0.25, 0.3) is 5.91 Å². The van der Waals surface area contributed by atoms with E-state index in [0.29, 0.717) is 28.6 Å². The van der Waals surface area contributed by atoms with E-state index in [2.05, 4.69) is 35.8 Å². The number of imidazole rings is 2. The average Bonchev–Trinajstić information content (AvgIpc) is 3.36. The first-order chi connectivity index (χ1) is 19.9. The van der Waals surface area contributed by atoms with Crippen molar-refractivity contribution in [3.8, 4) is 5.69 Å². The molecule has 2 N–H and O–H groups in total. The third-order valence-electron chi connectivity index (χ3n) is 6.84. The van der Waals surface area contributed by atoms with Crippen LogP contribution in [0.5, 0.6) is 0 Å². The van der Waals surface area contributed by atoms with Gasteiger partial charge < -0.3 is 14.1 Å². The normalized spacial score (nSPS) is 13.3. The minimum absolute atomic E-state index is 0.0440. The van der Waals surface area contributed by atoms with E-state index in [4.69, 9.17) is 11.6 Å². The Morgan fingerprint density at radius 1 is 1.17 bits per heavy atom. The van der Waals surface area contributed by atoms with E-state index in [1.807, 2.05) is 12.3 Å². The first-order valence-corrected chi connectivity index (χ1v) is 12.9. The van der Waals surface area contributed by atoms with Crippen molar-refractivity contribution in [3.05, 3.63) is 104 Å². The number of aromatic amines is 1. The van der Waals surface area contributed by atoms with Crippen LogP contribution < -0.4 is 16.4 Å². The number of aromatic nitrogens is 10. The van der Waals surface area contributed by atoms with Gasteiger partial charge in [-0.25, -0.2) is 24.1 Å². The largest absolute Gasteiger partial charge is 0.345 e. The molecule has 206 valence electrons. The molecule has 1 aliphatic carbocycles. The number of hydrogen-bond acceptors (Lipinski definition) is 8. The summed E-state index contributed by atoms with van der Waals surface area (Å²) in [5.74, 6) is -0.769. The summed E-state index contributed by atoms with van der Waals surface area (Å²) in [4.78, 5) is 46.0. The standard InChI is InChI=1S/C25H19ClFN11O3/c26-16-3-4-35-11-29-17(21(35)20(16)27)6-28-23(39)18-10-37(34-32-18)9-15-8-36-7-14(13-1-2-13)5-19(22(36)31-15)38-12-30-33-24(40)25(38)41/h3-5,7-8,10-13H,1-2,6,9H2,(H,28,39)(H,33,40). The van der Waals surface area contributed by atoms with E-state index in [0.717, 1.165) is 18.4 Å². The van der Waals surface area contributed by atoms with Crippen molar-refractivity contribution >= 4 is 28.7 Å². The summed E-state index contributed by atoms with van der Waals surface area (Å²) in [5, 5.41) is 16.5.